The quantitative estimate of drug-likeness (QED) is 0.174. The Hall–Kier alpha value is -3.44. The van der Waals surface area contributed by atoms with Gasteiger partial charge < -0.3 is 80.5 Å². The zero-order valence-electron chi connectivity index (χ0n) is 38.5. The van der Waals surface area contributed by atoms with Gasteiger partial charge in [-0.1, -0.05) is 98.9 Å². The van der Waals surface area contributed by atoms with Crippen LogP contribution in [-0.2, 0) is 33.3 Å². The molecule has 0 spiro atoms. The average molecular weight is 938 g/mol. The van der Waals surface area contributed by atoms with Crippen LogP contribution in [0.25, 0.3) is 0 Å². The van der Waals surface area contributed by atoms with Gasteiger partial charge in [-0.05, 0) is 33.1 Å². The van der Waals surface area contributed by atoms with Gasteiger partial charge in [0, 0.05) is 37.5 Å². The van der Waals surface area contributed by atoms with E-state index >= 15 is 0 Å². The molecular weight excluding hydrogens is 863 g/mol. The second-order valence-corrected chi connectivity index (χ2v) is 17.8. The molecule has 18 nitrogen and oxygen atoms in total. The third-order valence-electron chi connectivity index (χ3n) is 12.2. The Balaban J connectivity index is 1.88. The molecule has 2 saturated heterocycles. The summed E-state index contributed by atoms with van der Waals surface area (Å²) in [6.45, 7) is 6.78. The number of esters is 2. The van der Waals surface area contributed by atoms with Crippen LogP contribution in [0.15, 0.2) is 85.1 Å². The van der Waals surface area contributed by atoms with Gasteiger partial charge in [0.25, 0.3) is 0 Å². The molecular formula is C48H75NO17. The summed E-state index contributed by atoms with van der Waals surface area (Å²) in [5.41, 5.74) is 6.05. The summed E-state index contributed by atoms with van der Waals surface area (Å²) >= 11 is 0. The van der Waals surface area contributed by atoms with E-state index in [-0.39, 0.29) is 31.6 Å². The lowest BCUT2D eigenvalue weighted by atomic mass is 9.82. The van der Waals surface area contributed by atoms with E-state index in [0.29, 0.717) is 0 Å². The minimum absolute atomic E-state index is 0.0949. The lowest BCUT2D eigenvalue weighted by Crippen LogP contribution is -2.61. The zero-order chi connectivity index (χ0) is 49.1. The Bertz CT molecular complexity index is 1680. The highest BCUT2D eigenvalue weighted by atomic mass is 16.7. The summed E-state index contributed by atoms with van der Waals surface area (Å²) < 4.78 is 28.4. The Labute approximate surface area is 387 Å². The van der Waals surface area contributed by atoms with Crippen LogP contribution in [0.5, 0.6) is 0 Å². The highest BCUT2D eigenvalue weighted by Gasteiger charge is 2.51. The number of allylic oxidation sites excluding steroid dienone is 12. The molecule has 0 aromatic heterocycles. The largest absolute Gasteiger partial charge is 0.469 e. The van der Waals surface area contributed by atoms with E-state index in [1.807, 2.05) is 37.3 Å². The third-order valence-corrected chi connectivity index (χ3v) is 12.2. The molecule has 0 aliphatic carbocycles. The lowest BCUT2D eigenvalue weighted by Gasteiger charge is -2.45. The molecule has 0 aromatic carbocycles. The number of nitrogens with two attached hydrogens (primary N) is 1. The standard InChI is InChI=1S/C48H75NO17/c1-28-18-16-14-12-10-8-6-7-9-11-13-15-17-19-35(65-47-45(59)42(49)44(58)31(4)64-47)25-39-41(46(60)62-5)38(55)27-48(61,66-39)26-34(52)23-37(54)36(53)21-20-32(50)22-33(51)24-40(56)63-30(3)29(2)43(28)57/h6-19,28-39,41-45,47,50-55,57-59,61H,20-27,49H2,1-5H3/b7-6-,10-8-,11-9-,14-12-,15-13-,18-16-,19-17-/t28-,29-,30-,31+,32+,33+,34-,35-,36+,37+,38-,39-,41+,42-,43+,44+,45-,47-,48+/m0/s1. The number of cyclic esters (lactones) is 1. The maximum Gasteiger partial charge on any atom is 0.313 e. The Morgan fingerprint density at radius 3 is 1.83 bits per heavy atom. The summed E-state index contributed by atoms with van der Waals surface area (Å²) in [7, 11) is 1.12. The first kappa shape index (κ1) is 56.9. The van der Waals surface area contributed by atoms with Gasteiger partial charge in [0.05, 0.1) is 86.7 Å². The van der Waals surface area contributed by atoms with Crippen molar-refractivity contribution in [1.82, 2.24) is 0 Å². The van der Waals surface area contributed by atoms with Crippen molar-refractivity contribution in [3.8, 4) is 0 Å². The molecule has 12 N–H and O–H groups in total. The normalized spacial score (nSPS) is 44.9. The number of methoxy groups -OCH3 is 1. The van der Waals surface area contributed by atoms with Crippen molar-refractivity contribution in [3.05, 3.63) is 85.1 Å². The maximum atomic E-state index is 13.1. The predicted octanol–water partition coefficient (Wildman–Crippen LogP) is 0.800. The van der Waals surface area contributed by atoms with Crippen LogP contribution in [0.3, 0.4) is 0 Å². The molecule has 66 heavy (non-hydrogen) atoms. The van der Waals surface area contributed by atoms with E-state index < -0.39 is 147 Å². The fourth-order valence-electron chi connectivity index (χ4n) is 8.09. The van der Waals surface area contributed by atoms with E-state index in [0.717, 1.165) is 7.11 Å². The van der Waals surface area contributed by atoms with E-state index in [1.165, 1.54) is 0 Å². The fraction of sp³-hybridized carbons (Fsp3) is 0.667. The summed E-state index contributed by atoms with van der Waals surface area (Å²) in [4.78, 5) is 25.7. The van der Waals surface area contributed by atoms with Crippen molar-refractivity contribution in [2.45, 2.75) is 177 Å². The fourth-order valence-corrected chi connectivity index (χ4v) is 8.09. The molecule has 0 amide bonds. The van der Waals surface area contributed by atoms with Crippen molar-refractivity contribution < 1.29 is 84.3 Å². The minimum Gasteiger partial charge on any atom is -0.469 e. The van der Waals surface area contributed by atoms with Gasteiger partial charge in [0.15, 0.2) is 12.1 Å². The van der Waals surface area contributed by atoms with Crippen molar-refractivity contribution in [3.63, 3.8) is 0 Å². The highest BCUT2D eigenvalue weighted by molar-refractivity contribution is 5.74. The van der Waals surface area contributed by atoms with Crippen LogP contribution >= 0.6 is 0 Å². The Kier molecular flexibility index (Phi) is 24.3. The molecule has 3 aliphatic rings. The summed E-state index contributed by atoms with van der Waals surface area (Å²) in [6, 6.07) is -1.13. The monoisotopic (exact) mass is 938 g/mol. The molecule has 0 aromatic rings. The molecule has 18 heteroatoms. The van der Waals surface area contributed by atoms with Crippen LogP contribution < -0.4 is 5.73 Å². The Morgan fingerprint density at radius 1 is 0.667 bits per heavy atom. The van der Waals surface area contributed by atoms with Gasteiger partial charge in [-0.15, -0.1) is 0 Å². The zero-order valence-corrected chi connectivity index (χ0v) is 38.5. The number of aliphatic hydroxyl groups is 10. The van der Waals surface area contributed by atoms with Crippen molar-refractivity contribution in [2.75, 3.05) is 7.11 Å². The second-order valence-electron chi connectivity index (χ2n) is 17.8. The van der Waals surface area contributed by atoms with E-state index in [9.17, 15) is 60.7 Å². The molecule has 2 bridgehead atoms. The highest BCUT2D eigenvalue weighted by Crippen LogP contribution is 2.38. The molecule has 3 rings (SSSR count). The maximum absolute atomic E-state index is 13.1. The molecule has 0 unspecified atom stereocenters. The average Bonchev–Trinajstić information content (AvgIpc) is 3.24. The van der Waals surface area contributed by atoms with Gasteiger partial charge in [-0.2, -0.15) is 0 Å². The number of ether oxygens (including phenoxy) is 5. The molecule has 374 valence electrons. The predicted molar refractivity (Wildman–Crippen MR) is 241 cm³/mol. The summed E-state index contributed by atoms with van der Waals surface area (Å²) in [6.07, 6.45) is 4.50. The van der Waals surface area contributed by atoms with Crippen LogP contribution in [0.2, 0.25) is 0 Å². The molecule has 2 fully saturated rings. The first-order valence-electron chi connectivity index (χ1n) is 22.7. The topological polar surface area (TPSA) is 309 Å². The van der Waals surface area contributed by atoms with Gasteiger partial charge in [0.2, 0.25) is 0 Å². The number of hydrogen-bond donors (Lipinski definition) is 11. The summed E-state index contributed by atoms with van der Waals surface area (Å²) in [5, 5.41) is 109. The summed E-state index contributed by atoms with van der Waals surface area (Å²) in [5.74, 6) is -5.93. The van der Waals surface area contributed by atoms with Crippen molar-refractivity contribution in [1.29, 1.82) is 0 Å². The first-order valence-corrected chi connectivity index (χ1v) is 22.7. The lowest BCUT2D eigenvalue weighted by molar-refractivity contribution is -0.308. The minimum atomic E-state index is -2.27. The van der Waals surface area contributed by atoms with Crippen LogP contribution in [0.1, 0.15) is 79.1 Å². The van der Waals surface area contributed by atoms with Crippen LogP contribution in [-0.4, -0.2) is 168 Å². The first-order chi connectivity index (χ1) is 31.2. The van der Waals surface area contributed by atoms with Crippen LogP contribution in [0.4, 0.5) is 0 Å². The molecule has 0 saturated carbocycles. The van der Waals surface area contributed by atoms with Gasteiger partial charge in [-0.3, -0.25) is 9.59 Å². The van der Waals surface area contributed by atoms with Gasteiger partial charge >= 0.3 is 11.9 Å². The second kappa shape index (κ2) is 28.1. The van der Waals surface area contributed by atoms with Gasteiger partial charge in [-0.25, -0.2) is 0 Å². The molecule has 3 heterocycles. The van der Waals surface area contributed by atoms with E-state index in [4.69, 9.17) is 29.4 Å². The van der Waals surface area contributed by atoms with Crippen molar-refractivity contribution in [2.24, 2.45) is 23.5 Å². The number of aliphatic hydroxyl groups excluding tert-OH is 9. The number of carbonyl (C=O) groups is 2. The van der Waals surface area contributed by atoms with Gasteiger partial charge in [0.1, 0.15) is 18.1 Å². The SMILES string of the molecule is COC(=O)[C@H]1[C@@H]2C[C@@H](O[C@@H]3O[C@H](C)[C@@H](O)[C@H](N)[C@@H]3O)\C=C/C=C\C=C/C=C\C=C/C=C\C=C/[C@H](C)[C@@H](O)[C@@H](C)[C@H](C)OC(=O)C[C@H](O)C[C@H](O)CC[C@@H](O)[C@H](O)C[C@H](O)C[C@](O)(C[C@@H]1O)O2. The van der Waals surface area contributed by atoms with Crippen LogP contribution in [0, 0.1) is 17.8 Å². The number of carbonyl (C=O) groups excluding carboxylic acids is 2. The Morgan fingerprint density at radius 2 is 1.24 bits per heavy atom. The molecule has 3 aliphatic heterocycles. The van der Waals surface area contributed by atoms with Crippen molar-refractivity contribution >= 4 is 11.9 Å². The van der Waals surface area contributed by atoms with E-state index in [2.05, 4.69) is 0 Å². The number of fused-ring (bicyclic) bond motifs is 2. The molecule has 19 atom stereocenters. The third kappa shape index (κ3) is 18.6. The van der Waals surface area contributed by atoms with E-state index in [1.54, 1.807) is 75.5 Å². The number of rotatable bonds is 3. The smallest absolute Gasteiger partial charge is 0.313 e. The molecule has 0 radical (unpaired) electrons. The number of hydrogen-bond acceptors (Lipinski definition) is 18.